The van der Waals surface area contributed by atoms with E-state index >= 15 is 0 Å². The molecule has 3 heteroatoms. The molecule has 1 N–H and O–H groups in total. The third-order valence-corrected chi connectivity index (χ3v) is 4.14. The predicted octanol–water partition coefficient (Wildman–Crippen LogP) is 4.75. The van der Waals surface area contributed by atoms with Gasteiger partial charge < -0.3 is 9.73 Å². The molecule has 2 rings (SSSR count). The van der Waals surface area contributed by atoms with Crippen molar-refractivity contribution in [3.63, 3.8) is 0 Å². The average Bonchev–Trinajstić information content (AvgIpc) is 2.89. The fourth-order valence-corrected chi connectivity index (χ4v) is 2.68. The molecule has 0 saturated carbocycles. The molecule has 1 aromatic heterocycles. The molecule has 0 amide bonds. The Labute approximate surface area is 123 Å². The molecule has 1 unspecified atom stereocenters. The first-order valence-corrected chi connectivity index (χ1v) is 7.46. The van der Waals surface area contributed by atoms with Crippen LogP contribution in [0.2, 0.25) is 0 Å². The molecule has 2 aromatic rings. The van der Waals surface area contributed by atoms with Crippen molar-refractivity contribution in [2.24, 2.45) is 0 Å². The van der Waals surface area contributed by atoms with E-state index in [9.17, 15) is 0 Å². The van der Waals surface area contributed by atoms with Gasteiger partial charge in [-0.1, -0.05) is 28.9 Å². The third kappa shape index (κ3) is 3.28. The molecule has 19 heavy (non-hydrogen) atoms. The summed E-state index contributed by atoms with van der Waals surface area (Å²) in [5, 5.41) is 3.57. The number of halogens is 1. The monoisotopic (exact) mass is 321 g/mol. The summed E-state index contributed by atoms with van der Waals surface area (Å²) in [5.74, 6) is 0.971. The van der Waals surface area contributed by atoms with Crippen LogP contribution in [0, 0.1) is 13.8 Å². The van der Waals surface area contributed by atoms with Gasteiger partial charge >= 0.3 is 0 Å². The molecule has 1 atom stereocenters. The van der Waals surface area contributed by atoms with E-state index in [1.54, 1.807) is 6.26 Å². The molecule has 0 saturated heterocycles. The van der Waals surface area contributed by atoms with Crippen LogP contribution in [0.25, 0.3) is 0 Å². The van der Waals surface area contributed by atoms with Crippen LogP contribution in [0.15, 0.2) is 39.4 Å². The molecular weight excluding hydrogens is 302 g/mol. The van der Waals surface area contributed by atoms with Crippen molar-refractivity contribution in [2.75, 3.05) is 6.54 Å². The van der Waals surface area contributed by atoms with E-state index in [0.29, 0.717) is 0 Å². The van der Waals surface area contributed by atoms with E-state index < -0.39 is 0 Å². The van der Waals surface area contributed by atoms with Crippen molar-refractivity contribution in [2.45, 2.75) is 33.2 Å². The highest BCUT2D eigenvalue weighted by molar-refractivity contribution is 9.10. The molecular formula is C16H20BrNO. The maximum atomic E-state index is 5.60. The van der Waals surface area contributed by atoms with Crippen LogP contribution in [-0.4, -0.2) is 6.54 Å². The summed E-state index contributed by atoms with van der Waals surface area (Å²) in [6, 6.07) is 8.51. The largest absolute Gasteiger partial charge is 0.467 e. The van der Waals surface area contributed by atoms with Crippen molar-refractivity contribution < 1.29 is 4.42 Å². The molecule has 0 fully saturated rings. The fourth-order valence-electron chi connectivity index (χ4n) is 2.22. The second kappa shape index (κ2) is 6.40. The summed E-state index contributed by atoms with van der Waals surface area (Å²) in [4.78, 5) is 0. The topological polar surface area (TPSA) is 25.2 Å². The van der Waals surface area contributed by atoms with Crippen molar-refractivity contribution in [3.05, 3.63) is 57.5 Å². The molecule has 0 bridgehead atoms. The SMILES string of the molecule is CCCNC(c1ccco1)c1cc(C)c(Br)cc1C. The van der Waals surface area contributed by atoms with Crippen LogP contribution in [0.4, 0.5) is 0 Å². The van der Waals surface area contributed by atoms with Gasteiger partial charge in [0.1, 0.15) is 5.76 Å². The van der Waals surface area contributed by atoms with Gasteiger partial charge in [0.05, 0.1) is 12.3 Å². The summed E-state index contributed by atoms with van der Waals surface area (Å²) in [6.45, 7) is 7.40. The van der Waals surface area contributed by atoms with Gasteiger partial charge in [0, 0.05) is 4.47 Å². The number of benzene rings is 1. The van der Waals surface area contributed by atoms with Crippen LogP contribution in [0.5, 0.6) is 0 Å². The van der Waals surface area contributed by atoms with Gasteiger partial charge in [0.15, 0.2) is 0 Å². The number of nitrogens with one attached hydrogen (secondary N) is 1. The van der Waals surface area contributed by atoms with Crippen molar-refractivity contribution >= 4 is 15.9 Å². The molecule has 1 heterocycles. The zero-order valence-corrected chi connectivity index (χ0v) is 13.3. The normalized spacial score (nSPS) is 12.6. The van der Waals surface area contributed by atoms with Crippen LogP contribution in [-0.2, 0) is 0 Å². The second-order valence-corrected chi connectivity index (χ2v) is 5.71. The van der Waals surface area contributed by atoms with E-state index in [1.165, 1.54) is 16.7 Å². The molecule has 0 spiro atoms. The Morgan fingerprint density at radius 1 is 1.26 bits per heavy atom. The van der Waals surface area contributed by atoms with Gasteiger partial charge in [0.2, 0.25) is 0 Å². The number of furan rings is 1. The minimum absolute atomic E-state index is 0.127. The summed E-state index contributed by atoms with van der Waals surface area (Å²) in [7, 11) is 0. The molecule has 0 aliphatic carbocycles. The highest BCUT2D eigenvalue weighted by Gasteiger charge is 2.18. The quantitative estimate of drug-likeness (QED) is 0.859. The van der Waals surface area contributed by atoms with E-state index in [-0.39, 0.29) is 6.04 Å². The lowest BCUT2D eigenvalue weighted by atomic mass is 9.97. The number of hydrogen-bond donors (Lipinski definition) is 1. The molecule has 0 aliphatic heterocycles. The predicted molar refractivity (Wildman–Crippen MR) is 82.5 cm³/mol. The first-order chi connectivity index (χ1) is 9.13. The molecule has 102 valence electrons. The standard InChI is InChI=1S/C16H20BrNO/c1-4-7-18-16(15-6-5-8-19-15)13-9-12(3)14(17)10-11(13)2/h5-6,8-10,16,18H,4,7H2,1-3H3. The maximum Gasteiger partial charge on any atom is 0.125 e. The van der Waals surface area contributed by atoms with Gasteiger partial charge in [-0.05, 0) is 61.7 Å². The lowest BCUT2D eigenvalue weighted by Crippen LogP contribution is -2.23. The lowest BCUT2D eigenvalue weighted by Gasteiger charge is -2.20. The van der Waals surface area contributed by atoms with Crippen molar-refractivity contribution in [1.82, 2.24) is 5.32 Å². The third-order valence-electron chi connectivity index (χ3n) is 3.28. The van der Waals surface area contributed by atoms with E-state index in [4.69, 9.17) is 4.42 Å². The zero-order valence-electron chi connectivity index (χ0n) is 11.7. The lowest BCUT2D eigenvalue weighted by molar-refractivity contribution is 0.445. The van der Waals surface area contributed by atoms with E-state index in [0.717, 1.165) is 23.2 Å². The number of hydrogen-bond acceptors (Lipinski definition) is 2. The highest BCUT2D eigenvalue weighted by Crippen LogP contribution is 2.29. The van der Waals surface area contributed by atoms with Crippen LogP contribution in [0.3, 0.4) is 0 Å². The second-order valence-electron chi connectivity index (χ2n) is 4.86. The van der Waals surface area contributed by atoms with Gasteiger partial charge in [-0.3, -0.25) is 0 Å². The number of aryl methyl sites for hydroxylation is 2. The smallest absolute Gasteiger partial charge is 0.125 e. The van der Waals surface area contributed by atoms with Crippen LogP contribution < -0.4 is 5.32 Å². The first-order valence-electron chi connectivity index (χ1n) is 6.67. The number of rotatable bonds is 5. The average molecular weight is 322 g/mol. The first kappa shape index (κ1) is 14.4. The fraction of sp³-hybridized carbons (Fsp3) is 0.375. The van der Waals surface area contributed by atoms with E-state index in [2.05, 4.69) is 54.2 Å². The van der Waals surface area contributed by atoms with Crippen molar-refractivity contribution in [1.29, 1.82) is 0 Å². The van der Waals surface area contributed by atoms with Crippen LogP contribution in [0.1, 0.15) is 41.8 Å². The summed E-state index contributed by atoms with van der Waals surface area (Å²) >= 11 is 3.59. The van der Waals surface area contributed by atoms with E-state index in [1.807, 2.05) is 12.1 Å². The molecule has 0 radical (unpaired) electrons. The Balaban J connectivity index is 2.40. The Hall–Kier alpha value is -1.06. The molecule has 2 nitrogen and oxygen atoms in total. The van der Waals surface area contributed by atoms with Gasteiger partial charge in [-0.2, -0.15) is 0 Å². The van der Waals surface area contributed by atoms with Gasteiger partial charge in [-0.15, -0.1) is 0 Å². The molecule has 1 aromatic carbocycles. The van der Waals surface area contributed by atoms with Crippen molar-refractivity contribution in [3.8, 4) is 0 Å². The minimum atomic E-state index is 0.127. The summed E-state index contributed by atoms with van der Waals surface area (Å²) < 4.78 is 6.75. The Morgan fingerprint density at radius 3 is 2.68 bits per heavy atom. The minimum Gasteiger partial charge on any atom is -0.467 e. The Morgan fingerprint density at radius 2 is 2.05 bits per heavy atom. The summed E-state index contributed by atoms with van der Waals surface area (Å²) in [5.41, 5.74) is 3.79. The highest BCUT2D eigenvalue weighted by atomic mass is 79.9. The van der Waals surface area contributed by atoms with Gasteiger partial charge in [-0.25, -0.2) is 0 Å². The maximum absolute atomic E-state index is 5.60. The molecule has 0 aliphatic rings. The van der Waals surface area contributed by atoms with Crippen LogP contribution >= 0.6 is 15.9 Å². The Bertz CT molecular complexity index is 534. The Kier molecular flexibility index (Phi) is 4.83. The van der Waals surface area contributed by atoms with Gasteiger partial charge in [0.25, 0.3) is 0 Å². The zero-order chi connectivity index (χ0) is 13.8. The summed E-state index contributed by atoms with van der Waals surface area (Å²) in [6.07, 6.45) is 2.84.